The summed E-state index contributed by atoms with van der Waals surface area (Å²) in [6, 6.07) is 5.18. The summed E-state index contributed by atoms with van der Waals surface area (Å²) in [4.78, 5) is 25.3. The monoisotopic (exact) mass is 276 g/mol. The number of hydrogen-bond donors (Lipinski definition) is 3. The first-order chi connectivity index (χ1) is 9.52. The Bertz CT molecular complexity index is 530. The Morgan fingerprint density at radius 2 is 2.15 bits per heavy atom. The molecule has 5 N–H and O–H groups in total. The Balaban J connectivity index is 2.33. The zero-order valence-corrected chi connectivity index (χ0v) is 11.6. The van der Waals surface area contributed by atoms with E-state index in [1.807, 2.05) is 4.90 Å². The SMILES string of the molecule is CNC(=O)c1ccc(N)cc1N1CCCC(C(N)=O)C1. The second kappa shape index (κ2) is 5.81. The number of nitrogens with one attached hydrogen (secondary N) is 1. The van der Waals surface area contributed by atoms with Gasteiger partial charge in [-0.25, -0.2) is 0 Å². The molecular formula is C14H20N4O2. The van der Waals surface area contributed by atoms with E-state index in [2.05, 4.69) is 5.32 Å². The number of nitrogen functional groups attached to an aromatic ring is 1. The van der Waals surface area contributed by atoms with Crippen molar-refractivity contribution in [3.8, 4) is 0 Å². The minimum Gasteiger partial charge on any atom is -0.399 e. The van der Waals surface area contributed by atoms with Crippen LogP contribution in [0.1, 0.15) is 23.2 Å². The molecule has 1 heterocycles. The molecule has 0 spiro atoms. The van der Waals surface area contributed by atoms with Gasteiger partial charge in [-0.05, 0) is 31.0 Å². The van der Waals surface area contributed by atoms with Gasteiger partial charge in [-0.15, -0.1) is 0 Å². The van der Waals surface area contributed by atoms with Crippen molar-refractivity contribution in [1.29, 1.82) is 0 Å². The lowest BCUT2D eigenvalue weighted by molar-refractivity contribution is -0.122. The van der Waals surface area contributed by atoms with Gasteiger partial charge in [-0.2, -0.15) is 0 Å². The highest BCUT2D eigenvalue weighted by molar-refractivity contribution is 6.00. The lowest BCUT2D eigenvalue weighted by atomic mass is 9.96. The van der Waals surface area contributed by atoms with Gasteiger partial charge in [0, 0.05) is 25.8 Å². The van der Waals surface area contributed by atoms with Gasteiger partial charge in [0.25, 0.3) is 5.91 Å². The van der Waals surface area contributed by atoms with Gasteiger partial charge in [0.05, 0.1) is 17.2 Å². The highest BCUT2D eigenvalue weighted by Crippen LogP contribution is 2.28. The predicted molar refractivity (Wildman–Crippen MR) is 78.4 cm³/mol. The summed E-state index contributed by atoms with van der Waals surface area (Å²) in [5.41, 5.74) is 13.1. The quantitative estimate of drug-likeness (QED) is 0.692. The van der Waals surface area contributed by atoms with E-state index in [-0.39, 0.29) is 17.7 Å². The van der Waals surface area contributed by atoms with E-state index in [1.54, 1.807) is 25.2 Å². The van der Waals surface area contributed by atoms with Crippen LogP contribution in [0.5, 0.6) is 0 Å². The molecule has 1 unspecified atom stereocenters. The number of nitrogens with two attached hydrogens (primary N) is 2. The number of anilines is 2. The summed E-state index contributed by atoms with van der Waals surface area (Å²) in [7, 11) is 1.59. The van der Waals surface area contributed by atoms with Crippen molar-refractivity contribution in [2.45, 2.75) is 12.8 Å². The van der Waals surface area contributed by atoms with Crippen molar-refractivity contribution in [1.82, 2.24) is 5.32 Å². The number of nitrogens with zero attached hydrogens (tertiary/aromatic N) is 1. The summed E-state index contributed by atoms with van der Waals surface area (Å²) in [6.07, 6.45) is 1.67. The number of amides is 2. The van der Waals surface area contributed by atoms with Gasteiger partial charge in [0.1, 0.15) is 0 Å². The van der Waals surface area contributed by atoms with Crippen LogP contribution >= 0.6 is 0 Å². The summed E-state index contributed by atoms with van der Waals surface area (Å²) in [6.45, 7) is 1.32. The summed E-state index contributed by atoms with van der Waals surface area (Å²) in [5.74, 6) is -0.635. The van der Waals surface area contributed by atoms with Gasteiger partial charge in [-0.3, -0.25) is 9.59 Å². The van der Waals surface area contributed by atoms with Crippen LogP contribution in [-0.4, -0.2) is 32.0 Å². The average molecular weight is 276 g/mol. The van der Waals surface area contributed by atoms with Crippen molar-refractivity contribution in [3.63, 3.8) is 0 Å². The van der Waals surface area contributed by atoms with E-state index in [4.69, 9.17) is 11.5 Å². The van der Waals surface area contributed by atoms with E-state index in [0.29, 0.717) is 17.8 Å². The largest absolute Gasteiger partial charge is 0.399 e. The van der Waals surface area contributed by atoms with Gasteiger partial charge < -0.3 is 21.7 Å². The Morgan fingerprint density at radius 1 is 1.40 bits per heavy atom. The maximum atomic E-state index is 11.9. The highest BCUT2D eigenvalue weighted by Gasteiger charge is 2.26. The second-order valence-corrected chi connectivity index (χ2v) is 5.04. The van der Waals surface area contributed by atoms with E-state index in [9.17, 15) is 9.59 Å². The van der Waals surface area contributed by atoms with Crippen molar-refractivity contribution in [2.75, 3.05) is 30.8 Å². The number of carbonyl (C=O) groups excluding carboxylic acids is 2. The van der Waals surface area contributed by atoms with E-state index >= 15 is 0 Å². The molecule has 0 aliphatic carbocycles. The molecule has 108 valence electrons. The van der Waals surface area contributed by atoms with Crippen molar-refractivity contribution >= 4 is 23.2 Å². The van der Waals surface area contributed by atoms with Crippen LogP contribution in [0.4, 0.5) is 11.4 Å². The highest BCUT2D eigenvalue weighted by atomic mass is 16.2. The molecule has 0 bridgehead atoms. The molecule has 1 saturated heterocycles. The molecular weight excluding hydrogens is 256 g/mol. The molecule has 0 radical (unpaired) electrons. The van der Waals surface area contributed by atoms with Gasteiger partial charge in [-0.1, -0.05) is 0 Å². The molecule has 6 heteroatoms. The summed E-state index contributed by atoms with van der Waals surface area (Å²) in [5, 5.41) is 2.62. The summed E-state index contributed by atoms with van der Waals surface area (Å²) >= 11 is 0. The van der Waals surface area contributed by atoms with Gasteiger partial charge in [0.15, 0.2) is 0 Å². The lowest BCUT2D eigenvalue weighted by Crippen LogP contribution is -2.42. The van der Waals surface area contributed by atoms with Crippen LogP contribution in [0, 0.1) is 5.92 Å². The van der Waals surface area contributed by atoms with E-state index < -0.39 is 0 Å². The average Bonchev–Trinajstić information content (AvgIpc) is 2.46. The number of carbonyl (C=O) groups is 2. The number of rotatable bonds is 3. The van der Waals surface area contributed by atoms with Crippen LogP contribution in [0.15, 0.2) is 18.2 Å². The zero-order valence-electron chi connectivity index (χ0n) is 11.6. The molecule has 2 amide bonds. The third kappa shape index (κ3) is 2.84. The Hall–Kier alpha value is -2.24. The predicted octanol–water partition coefficient (Wildman–Crippen LogP) is 0.330. The molecule has 0 saturated carbocycles. The summed E-state index contributed by atoms with van der Waals surface area (Å²) < 4.78 is 0. The zero-order chi connectivity index (χ0) is 14.7. The fourth-order valence-corrected chi connectivity index (χ4v) is 2.57. The third-order valence-electron chi connectivity index (χ3n) is 3.66. The molecule has 2 rings (SSSR count). The number of piperidine rings is 1. The Morgan fingerprint density at radius 3 is 2.80 bits per heavy atom. The molecule has 1 aliphatic heterocycles. The van der Waals surface area contributed by atoms with E-state index in [0.717, 1.165) is 25.1 Å². The van der Waals surface area contributed by atoms with Crippen molar-refractivity contribution in [2.24, 2.45) is 11.7 Å². The fraction of sp³-hybridized carbons (Fsp3) is 0.429. The van der Waals surface area contributed by atoms with Crippen LogP contribution in [-0.2, 0) is 4.79 Å². The van der Waals surface area contributed by atoms with Crippen molar-refractivity contribution in [3.05, 3.63) is 23.8 Å². The smallest absolute Gasteiger partial charge is 0.253 e. The minimum atomic E-state index is -0.292. The fourth-order valence-electron chi connectivity index (χ4n) is 2.57. The van der Waals surface area contributed by atoms with Crippen LogP contribution in [0.2, 0.25) is 0 Å². The first-order valence-corrected chi connectivity index (χ1v) is 6.68. The maximum absolute atomic E-state index is 11.9. The molecule has 1 aliphatic rings. The third-order valence-corrected chi connectivity index (χ3v) is 3.66. The van der Waals surface area contributed by atoms with Crippen molar-refractivity contribution < 1.29 is 9.59 Å². The Labute approximate surface area is 118 Å². The number of benzene rings is 1. The van der Waals surface area contributed by atoms with E-state index in [1.165, 1.54) is 0 Å². The topological polar surface area (TPSA) is 101 Å². The lowest BCUT2D eigenvalue weighted by Gasteiger charge is -2.34. The second-order valence-electron chi connectivity index (χ2n) is 5.04. The standard InChI is InChI=1S/C14H20N4O2/c1-17-14(20)11-5-4-10(15)7-12(11)18-6-2-3-9(8-18)13(16)19/h4-5,7,9H,2-3,6,8,15H2,1H3,(H2,16,19)(H,17,20). The normalized spacial score (nSPS) is 18.6. The molecule has 1 atom stereocenters. The van der Waals surface area contributed by atoms with Crippen LogP contribution in [0.25, 0.3) is 0 Å². The van der Waals surface area contributed by atoms with Gasteiger partial charge >= 0.3 is 0 Å². The molecule has 20 heavy (non-hydrogen) atoms. The molecule has 1 aromatic rings. The molecule has 1 fully saturated rings. The number of primary amides is 1. The van der Waals surface area contributed by atoms with Gasteiger partial charge in [0.2, 0.25) is 5.91 Å². The van der Waals surface area contributed by atoms with Crippen LogP contribution in [0.3, 0.4) is 0 Å². The number of hydrogen-bond acceptors (Lipinski definition) is 4. The molecule has 1 aromatic carbocycles. The molecule has 6 nitrogen and oxygen atoms in total. The maximum Gasteiger partial charge on any atom is 0.253 e. The minimum absolute atomic E-state index is 0.166. The Kier molecular flexibility index (Phi) is 4.12. The van der Waals surface area contributed by atoms with Crippen LogP contribution < -0.4 is 21.7 Å². The first kappa shape index (κ1) is 14.2. The first-order valence-electron chi connectivity index (χ1n) is 6.68. The molecule has 0 aromatic heterocycles.